The summed E-state index contributed by atoms with van der Waals surface area (Å²) in [5, 5.41) is 9.02. The van der Waals surface area contributed by atoms with Gasteiger partial charge >= 0.3 is 5.97 Å². The van der Waals surface area contributed by atoms with Crippen molar-refractivity contribution in [2.24, 2.45) is 0 Å². The van der Waals surface area contributed by atoms with Crippen molar-refractivity contribution in [2.45, 2.75) is 43.8 Å². The zero-order chi connectivity index (χ0) is 13.4. The van der Waals surface area contributed by atoms with Gasteiger partial charge in [-0.1, -0.05) is 0 Å². The zero-order valence-electron chi connectivity index (χ0n) is 11.8. The number of hydrogen-bond acceptors (Lipinski definition) is 4. The van der Waals surface area contributed by atoms with Gasteiger partial charge in [0.05, 0.1) is 6.54 Å². The normalized spacial score (nSPS) is 37.6. The largest absolute Gasteiger partial charge is 0.480 e. The second kappa shape index (κ2) is 5.38. The van der Waals surface area contributed by atoms with Gasteiger partial charge in [-0.05, 0) is 32.7 Å². The van der Waals surface area contributed by atoms with Crippen LogP contribution in [0.15, 0.2) is 0 Å². The van der Waals surface area contributed by atoms with Crippen molar-refractivity contribution >= 4 is 5.97 Å². The predicted octanol–water partition coefficient (Wildman–Crippen LogP) is 0.314. The number of fused-ring (bicyclic) bond motifs is 2. The van der Waals surface area contributed by atoms with E-state index >= 15 is 0 Å². The lowest BCUT2D eigenvalue weighted by atomic mass is 9.95. The second-order valence-corrected chi connectivity index (χ2v) is 6.42. The van der Waals surface area contributed by atoms with Gasteiger partial charge in [0.1, 0.15) is 0 Å². The molecule has 0 amide bonds. The Hall–Kier alpha value is -0.650. The van der Waals surface area contributed by atoms with E-state index in [9.17, 15) is 4.79 Å². The fourth-order valence-corrected chi connectivity index (χ4v) is 4.14. The Bertz CT molecular complexity index is 328. The van der Waals surface area contributed by atoms with Crippen LogP contribution in [0.2, 0.25) is 0 Å². The van der Waals surface area contributed by atoms with Crippen LogP contribution in [0.1, 0.15) is 25.7 Å². The second-order valence-electron chi connectivity index (χ2n) is 6.42. The first kappa shape index (κ1) is 13.3. The van der Waals surface area contributed by atoms with E-state index in [0.717, 1.165) is 0 Å². The Kier molecular flexibility index (Phi) is 3.78. The summed E-state index contributed by atoms with van der Waals surface area (Å²) in [5.41, 5.74) is 0. The monoisotopic (exact) mass is 267 g/mol. The molecule has 5 heteroatoms. The minimum atomic E-state index is -0.671. The lowest BCUT2D eigenvalue weighted by Crippen LogP contribution is -2.55. The van der Waals surface area contributed by atoms with E-state index in [1.54, 1.807) is 0 Å². The molecule has 3 fully saturated rings. The van der Waals surface area contributed by atoms with E-state index < -0.39 is 5.97 Å². The topological polar surface area (TPSA) is 47.0 Å². The van der Waals surface area contributed by atoms with Crippen LogP contribution in [-0.4, -0.2) is 83.7 Å². The first-order chi connectivity index (χ1) is 9.13. The van der Waals surface area contributed by atoms with Crippen LogP contribution < -0.4 is 0 Å². The standard InChI is InChI=1S/C14H25N3O2/c1-15-4-6-16(7-5-15)13-8-11-2-3-12(9-13)17(11)10-14(18)19/h11-13H,2-10H2,1H3,(H,18,19). The van der Waals surface area contributed by atoms with Crippen LogP contribution in [0, 0.1) is 0 Å². The number of piperidine rings is 1. The minimum Gasteiger partial charge on any atom is -0.480 e. The molecule has 0 radical (unpaired) electrons. The minimum absolute atomic E-state index is 0.241. The molecule has 3 saturated heterocycles. The Morgan fingerprint density at radius 1 is 1.05 bits per heavy atom. The molecule has 3 rings (SSSR count). The molecule has 0 aliphatic carbocycles. The van der Waals surface area contributed by atoms with Crippen molar-refractivity contribution in [2.75, 3.05) is 39.8 Å². The molecular formula is C14H25N3O2. The van der Waals surface area contributed by atoms with Gasteiger partial charge in [0, 0.05) is 44.3 Å². The highest BCUT2D eigenvalue weighted by Gasteiger charge is 2.43. The third kappa shape index (κ3) is 2.78. The predicted molar refractivity (Wildman–Crippen MR) is 73.2 cm³/mol. The summed E-state index contributed by atoms with van der Waals surface area (Å²) in [6, 6.07) is 1.72. The molecule has 5 nitrogen and oxygen atoms in total. The van der Waals surface area contributed by atoms with Crippen LogP contribution >= 0.6 is 0 Å². The summed E-state index contributed by atoms with van der Waals surface area (Å²) in [4.78, 5) is 18.2. The summed E-state index contributed by atoms with van der Waals surface area (Å²) in [6.07, 6.45) is 4.74. The third-order valence-electron chi connectivity index (χ3n) is 5.23. The van der Waals surface area contributed by atoms with Crippen molar-refractivity contribution in [1.29, 1.82) is 0 Å². The molecule has 3 aliphatic heterocycles. The van der Waals surface area contributed by atoms with Crippen molar-refractivity contribution < 1.29 is 9.90 Å². The number of carbonyl (C=O) groups is 1. The van der Waals surface area contributed by atoms with Crippen molar-refractivity contribution in [3.05, 3.63) is 0 Å². The smallest absolute Gasteiger partial charge is 0.317 e. The summed E-state index contributed by atoms with van der Waals surface area (Å²) < 4.78 is 0. The molecule has 3 heterocycles. The Morgan fingerprint density at radius 3 is 2.16 bits per heavy atom. The molecular weight excluding hydrogens is 242 g/mol. The fourth-order valence-electron chi connectivity index (χ4n) is 4.14. The SMILES string of the molecule is CN1CCN(C2CC3CCC(C2)N3CC(=O)O)CC1. The summed E-state index contributed by atoms with van der Waals surface area (Å²) >= 11 is 0. The molecule has 2 unspecified atom stereocenters. The molecule has 0 spiro atoms. The maximum absolute atomic E-state index is 10.9. The molecule has 3 aliphatic rings. The van der Waals surface area contributed by atoms with Crippen LogP contribution in [0.3, 0.4) is 0 Å². The van der Waals surface area contributed by atoms with E-state index in [1.807, 2.05) is 0 Å². The van der Waals surface area contributed by atoms with E-state index in [1.165, 1.54) is 51.9 Å². The first-order valence-corrected chi connectivity index (χ1v) is 7.53. The van der Waals surface area contributed by atoms with Gasteiger partial charge in [-0.2, -0.15) is 0 Å². The van der Waals surface area contributed by atoms with Crippen LogP contribution in [0.4, 0.5) is 0 Å². The Labute approximate surface area is 115 Å². The van der Waals surface area contributed by atoms with E-state index in [0.29, 0.717) is 18.1 Å². The van der Waals surface area contributed by atoms with Gasteiger partial charge in [-0.15, -0.1) is 0 Å². The molecule has 0 aromatic heterocycles. The summed E-state index contributed by atoms with van der Waals surface area (Å²) in [5.74, 6) is -0.671. The summed E-state index contributed by atoms with van der Waals surface area (Å²) in [7, 11) is 2.19. The molecule has 0 saturated carbocycles. The number of likely N-dealkylation sites (N-methyl/N-ethyl adjacent to an activating group) is 1. The number of nitrogens with zero attached hydrogens (tertiary/aromatic N) is 3. The number of hydrogen-bond donors (Lipinski definition) is 1. The van der Waals surface area contributed by atoms with E-state index in [4.69, 9.17) is 5.11 Å². The maximum Gasteiger partial charge on any atom is 0.317 e. The van der Waals surface area contributed by atoms with Gasteiger partial charge < -0.3 is 10.0 Å². The molecule has 2 bridgehead atoms. The molecule has 0 aromatic rings. The lowest BCUT2D eigenvalue weighted by Gasteiger charge is -2.45. The lowest BCUT2D eigenvalue weighted by molar-refractivity contribution is -0.139. The number of carboxylic acid groups (broad SMARTS) is 1. The third-order valence-corrected chi connectivity index (χ3v) is 5.23. The molecule has 19 heavy (non-hydrogen) atoms. The number of rotatable bonds is 3. The van der Waals surface area contributed by atoms with Crippen molar-refractivity contribution in [3.63, 3.8) is 0 Å². The van der Waals surface area contributed by atoms with Crippen LogP contribution in [-0.2, 0) is 4.79 Å². The average molecular weight is 267 g/mol. The number of piperazine rings is 1. The maximum atomic E-state index is 10.9. The van der Waals surface area contributed by atoms with E-state index in [2.05, 4.69) is 21.7 Å². The number of carboxylic acids is 1. The highest BCUT2D eigenvalue weighted by atomic mass is 16.4. The number of aliphatic carboxylic acids is 1. The van der Waals surface area contributed by atoms with Gasteiger partial charge in [0.2, 0.25) is 0 Å². The quantitative estimate of drug-likeness (QED) is 0.797. The summed E-state index contributed by atoms with van der Waals surface area (Å²) in [6.45, 7) is 4.94. The first-order valence-electron chi connectivity index (χ1n) is 7.53. The van der Waals surface area contributed by atoms with Gasteiger partial charge in [-0.25, -0.2) is 0 Å². The van der Waals surface area contributed by atoms with Crippen LogP contribution in [0.25, 0.3) is 0 Å². The molecule has 108 valence electrons. The van der Waals surface area contributed by atoms with Crippen LogP contribution in [0.5, 0.6) is 0 Å². The highest BCUT2D eigenvalue weighted by molar-refractivity contribution is 5.69. The fraction of sp³-hybridized carbons (Fsp3) is 0.929. The molecule has 2 atom stereocenters. The molecule has 0 aromatic carbocycles. The van der Waals surface area contributed by atoms with Crippen molar-refractivity contribution in [3.8, 4) is 0 Å². The molecule has 1 N–H and O–H groups in total. The average Bonchev–Trinajstić information content (AvgIpc) is 2.62. The zero-order valence-corrected chi connectivity index (χ0v) is 11.8. The Morgan fingerprint density at radius 2 is 1.63 bits per heavy atom. The van der Waals surface area contributed by atoms with Gasteiger partial charge in [-0.3, -0.25) is 14.6 Å². The van der Waals surface area contributed by atoms with Crippen molar-refractivity contribution in [1.82, 2.24) is 14.7 Å². The van der Waals surface area contributed by atoms with E-state index in [-0.39, 0.29) is 6.54 Å². The Balaban J connectivity index is 1.59. The van der Waals surface area contributed by atoms with Gasteiger partial charge in [0.15, 0.2) is 0 Å². The van der Waals surface area contributed by atoms with Gasteiger partial charge in [0.25, 0.3) is 0 Å². The highest BCUT2D eigenvalue weighted by Crippen LogP contribution is 2.37.